The van der Waals surface area contributed by atoms with E-state index in [4.69, 9.17) is 0 Å². The Hall–Kier alpha value is -1.25. The van der Waals surface area contributed by atoms with Crippen molar-refractivity contribution in [1.29, 1.82) is 0 Å². The molecule has 0 aliphatic rings. The number of hydrogen-bond donors (Lipinski definition) is 2. The number of aryl methyl sites for hydroxylation is 1. The first-order valence-corrected chi connectivity index (χ1v) is 3.09. The lowest BCUT2D eigenvalue weighted by atomic mass is 10.2. The highest BCUT2D eigenvalue weighted by Gasteiger charge is 2.01. The molecule has 0 aliphatic carbocycles. The van der Waals surface area contributed by atoms with Crippen LogP contribution < -0.4 is 0 Å². The summed E-state index contributed by atoms with van der Waals surface area (Å²) in [6, 6.07) is 3.27. The number of fused-ring (bicyclic) bond motifs is 1. The van der Waals surface area contributed by atoms with Gasteiger partial charge in [0, 0.05) is 6.07 Å². The van der Waals surface area contributed by atoms with E-state index in [0.717, 1.165) is 11.0 Å². The predicted molar refractivity (Wildman–Crippen MR) is 37.3 cm³/mol. The zero-order valence-corrected chi connectivity index (χ0v) is 5.53. The Morgan fingerprint density at radius 3 is 2.30 bits per heavy atom. The summed E-state index contributed by atoms with van der Waals surface area (Å²) >= 11 is 0. The number of H-pyrrole nitrogens is 2. The van der Waals surface area contributed by atoms with Crippen molar-refractivity contribution in [3.8, 4) is 0 Å². The molecule has 0 saturated carbocycles. The summed E-state index contributed by atoms with van der Waals surface area (Å²) in [6.07, 6.45) is 0. The van der Waals surface area contributed by atoms with Crippen LogP contribution in [0.3, 0.4) is 0 Å². The molecule has 2 N–H and O–H groups in total. The van der Waals surface area contributed by atoms with Crippen LogP contribution in [0.4, 0.5) is 4.39 Å². The van der Waals surface area contributed by atoms with Crippen LogP contribution in [0.15, 0.2) is 12.1 Å². The first-order valence-electron chi connectivity index (χ1n) is 3.09. The van der Waals surface area contributed by atoms with Crippen LogP contribution in [-0.4, -0.2) is 10.2 Å². The summed E-state index contributed by atoms with van der Waals surface area (Å²) in [7, 11) is 0. The van der Waals surface area contributed by atoms with Crippen molar-refractivity contribution in [1.82, 2.24) is 10.2 Å². The molecule has 10 heavy (non-hydrogen) atoms. The topological polar surface area (TPSA) is 31.6 Å². The van der Waals surface area contributed by atoms with Gasteiger partial charge in [-0.3, -0.25) is 10.2 Å². The number of nitrogens with one attached hydrogen (secondary N) is 2. The Morgan fingerprint density at radius 1 is 1.20 bits per heavy atom. The largest absolute Gasteiger partial charge is 0.299 e. The van der Waals surface area contributed by atoms with Gasteiger partial charge in [-0.05, 0) is 18.6 Å². The fourth-order valence-electron chi connectivity index (χ4n) is 0.961. The van der Waals surface area contributed by atoms with E-state index in [2.05, 4.69) is 10.2 Å². The first-order chi connectivity index (χ1) is 4.77. The molecular weight excluding hydrogens is 131 g/mol. The van der Waals surface area contributed by atoms with Crippen LogP contribution in [0.5, 0.6) is 0 Å². The first kappa shape index (κ1) is 5.53. The van der Waals surface area contributed by atoms with E-state index in [9.17, 15) is 4.39 Å². The minimum absolute atomic E-state index is 0.159. The molecule has 0 unspecified atom stereocenters. The molecule has 2 aromatic rings. The quantitative estimate of drug-likeness (QED) is 0.557. The molecule has 52 valence electrons. The molecule has 0 bridgehead atoms. The van der Waals surface area contributed by atoms with Gasteiger partial charge >= 0.3 is 0 Å². The third-order valence-electron chi connectivity index (χ3n) is 1.63. The molecule has 0 saturated heterocycles. The van der Waals surface area contributed by atoms with Gasteiger partial charge in [0.1, 0.15) is 5.82 Å². The number of benzene rings is 1. The third kappa shape index (κ3) is 0.572. The normalized spacial score (nSPS) is 11.0. The SMILES string of the molecule is Cc1cc2[nH][nH]c2cc1F. The van der Waals surface area contributed by atoms with Gasteiger partial charge in [-0.2, -0.15) is 0 Å². The maximum Gasteiger partial charge on any atom is 0.128 e. The number of hydrogen-bond acceptors (Lipinski definition) is 0. The Labute approximate surface area is 57.0 Å². The molecule has 0 aliphatic heterocycles. The highest BCUT2D eigenvalue weighted by Crippen LogP contribution is 2.15. The Balaban J connectivity index is 2.78. The zero-order valence-electron chi connectivity index (χ0n) is 5.53. The van der Waals surface area contributed by atoms with Gasteiger partial charge in [-0.15, -0.1) is 0 Å². The van der Waals surface area contributed by atoms with E-state index in [1.807, 2.05) is 0 Å². The van der Waals surface area contributed by atoms with Gasteiger partial charge in [-0.25, -0.2) is 4.39 Å². The molecule has 2 rings (SSSR count). The number of halogens is 1. The maximum absolute atomic E-state index is 12.7. The summed E-state index contributed by atoms with van der Waals surface area (Å²) < 4.78 is 12.7. The number of aromatic amines is 2. The summed E-state index contributed by atoms with van der Waals surface area (Å²) in [4.78, 5) is 0. The molecule has 1 heterocycles. The minimum Gasteiger partial charge on any atom is -0.299 e. The number of rotatable bonds is 0. The molecule has 2 nitrogen and oxygen atoms in total. The zero-order chi connectivity index (χ0) is 7.14. The summed E-state index contributed by atoms with van der Waals surface area (Å²) in [5.74, 6) is -0.159. The van der Waals surface area contributed by atoms with E-state index >= 15 is 0 Å². The molecule has 0 spiro atoms. The lowest BCUT2D eigenvalue weighted by molar-refractivity contribution is 0.619. The molecule has 1 aromatic carbocycles. The van der Waals surface area contributed by atoms with Crippen LogP contribution in [0.2, 0.25) is 0 Å². The van der Waals surface area contributed by atoms with Gasteiger partial charge in [-0.1, -0.05) is 0 Å². The highest BCUT2D eigenvalue weighted by atomic mass is 19.1. The van der Waals surface area contributed by atoms with E-state index in [0.29, 0.717) is 5.56 Å². The van der Waals surface area contributed by atoms with Crippen molar-refractivity contribution in [2.45, 2.75) is 6.92 Å². The second-order valence-electron chi connectivity index (χ2n) is 2.40. The number of aromatic nitrogens is 2. The van der Waals surface area contributed by atoms with Crippen molar-refractivity contribution < 1.29 is 4.39 Å². The van der Waals surface area contributed by atoms with E-state index < -0.39 is 0 Å². The average Bonchev–Trinajstić information content (AvgIpc) is 1.89. The van der Waals surface area contributed by atoms with Gasteiger partial charge in [0.25, 0.3) is 0 Å². The van der Waals surface area contributed by atoms with E-state index in [1.165, 1.54) is 6.07 Å². The van der Waals surface area contributed by atoms with Gasteiger partial charge in [0.2, 0.25) is 0 Å². The lowest BCUT2D eigenvalue weighted by Crippen LogP contribution is -1.93. The second-order valence-corrected chi connectivity index (χ2v) is 2.40. The van der Waals surface area contributed by atoms with Crippen LogP contribution in [0, 0.1) is 12.7 Å². The Morgan fingerprint density at radius 2 is 1.80 bits per heavy atom. The molecule has 0 amide bonds. The van der Waals surface area contributed by atoms with Crippen molar-refractivity contribution in [3.63, 3.8) is 0 Å². The van der Waals surface area contributed by atoms with Gasteiger partial charge < -0.3 is 0 Å². The van der Waals surface area contributed by atoms with Crippen molar-refractivity contribution >= 4 is 11.0 Å². The smallest absolute Gasteiger partial charge is 0.128 e. The average molecular weight is 138 g/mol. The molecule has 0 radical (unpaired) electrons. The standard InChI is InChI=1S/C7H7FN2/c1-4-2-6-7(10-9-6)3-5(4)8/h2-3,9-10H,1H3. The predicted octanol–water partition coefficient (Wildman–Crippen LogP) is 1.94. The molecule has 3 heteroatoms. The van der Waals surface area contributed by atoms with Crippen LogP contribution in [0.1, 0.15) is 5.56 Å². The monoisotopic (exact) mass is 138 g/mol. The molecule has 0 atom stereocenters. The molecule has 0 fully saturated rings. The Kier molecular flexibility index (Phi) is 0.897. The van der Waals surface area contributed by atoms with E-state index in [1.54, 1.807) is 13.0 Å². The summed E-state index contributed by atoms with van der Waals surface area (Å²) in [5.41, 5.74) is 2.48. The van der Waals surface area contributed by atoms with Gasteiger partial charge in [0.05, 0.1) is 11.0 Å². The lowest BCUT2D eigenvalue weighted by Gasteiger charge is -2.04. The van der Waals surface area contributed by atoms with Crippen LogP contribution in [-0.2, 0) is 0 Å². The third-order valence-corrected chi connectivity index (χ3v) is 1.63. The van der Waals surface area contributed by atoms with Crippen LogP contribution >= 0.6 is 0 Å². The molecular formula is C7H7FN2. The van der Waals surface area contributed by atoms with Crippen molar-refractivity contribution in [3.05, 3.63) is 23.5 Å². The van der Waals surface area contributed by atoms with E-state index in [-0.39, 0.29) is 5.82 Å². The Bertz CT molecular complexity index is 323. The van der Waals surface area contributed by atoms with Crippen molar-refractivity contribution in [2.75, 3.05) is 0 Å². The fourth-order valence-corrected chi connectivity index (χ4v) is 0.961. The summed E-state index contributed by atoms with van der Waals surface area (Å²) in [6.45, 7) is 1.75. The second kappa shape index (κ2) is 1.62. The van der Waals surface area contributed by atoms with Crippen molar-refractivity contribution in [2.24, 2.45) is 0 Å². The van der Waals surface area contributed by atoms with Crippen LogP contribution in [0.25, 0.3) is 11.0 Å². The highest BCUT2D eigenvalue weighted by molar-refractivity contribution is 5.76. The summed E-state index contributed by atoms with van der Waals surface area (Å²) in [5, 5.41) is 5.61. The fraction of sp³-hybridized carbons (Fsp3) is 0.143. The maximum atomic E-state index is 12.7. The van der Waals surface area contributed by atoms with Gasteiger partial charge in [0.15, 0.2) is 0 Å². The minimum atomic E-state index is -0.159. The molecule has 1 aromatic heterocycles.